The number of fused-ring (bicyclic) bond motifs is 1. The Morgan fingerprint density at radius 1 is 1.31 bits per heavy atom. The molecule has 9 heteroatoms. The van der Waals surface area contributed by atoms with Crippen LogP contribution < -0.4 is 21.5 Å². The Morgan fingerprint density at radius 3 is 2.62 bits per heavy atom. The summed E-state index contributed by atoms with van der Waals surface area (Å²) in [6.07, 6.45) is 1.91. The number of carbonyl (C=O) groups excluding carboxylic acids is 2. The van der Waals surface area contributed by atoms with Gasteiger partial charge in [0.15, 0.2) is 11.5 Å². The van der Waals surface area contributed by atoms with Crippen LogP contribution in [0.2, 0.25) is 0 Å². The second-order valence-corrected chi connectivity index (χ2v) is 6.30. The third-order valence-corrected chi connectivity index (χ3v) is 4.27. The Balaban J connectivity index is 2.43. The number of aromatic nitrogens is 2. The van der Waals surface area contributed by atoms with Crippen LogP contribution >= 0.6 is 0 Å². The summed E-state index contributed by atoms with van der Waals surface area (Å²) >= 11 is 0. The zero-order chi connectivity index (χ0) is 19.3. The van der Waals surface area contributed by atoms with E-state index in [1.807, 2.05) is 20.8 Å². The molecule has 0 saturated carbocycles. The van der Waals surface area contributed by atoms with Crippen LogP contribution in [-0.4, -0.2) is 40.5 Å². The van der Waals surface area contributed by atoms with Crippen LogP contribution in [0, 0.1) is 0 Å². The lowest BCUT2D eigenvalue weighted by atomic mass is 10.0. The summed E-state index contributed by atoms with van der Waals surface area (Å²) in [6.45, 7) is 5.98. The minimum atomic E-state index is -0.521. The van der Waals surface area contributed by atoms with Gasteiger partial charge in [0.25, 0.3) is 5.56 Å². The van der Waals surface area contributed by atoms with Gasteiger partial charge in [0.2, 0.25) is 11.9 Å². The summed E-state index contributed by atoms with van der Waals surface area (Å²) in [4.78, 5) is 45.2. The molecule has 0 saturated heterocycles. The molecule has 0 fully saturated rings. The van der Waals surface area contributed by atoms with Gasteiger partial charge >= 0.3 is 5.97 Å². The van der Waals surface area contributed by atoms with Gasteiger partial charge < -0.3 is 15.8 Å². The number of H-pyrrole nitrogens is 1. The van der Waals surface area contributed by atoms with Crippen LogP contribution in [0.5, 0.6) is 0 Å². The van der Waals surface area contributed by atoms with E-state index in [1.165, 1.54) is 4.90 Å². The van der Waals surface area contributed by atoms with Crippen molar-refractivity contribution < 1.29 is 14.3 Å². The molecule has 0 spiro atoms. The van der Waals surface area contributed by atoms with E-state index in [4.69, 9.17) is 10.5 Å². The lowest BCUT2D eigenvalue weighted by Gasteiger charge is -2.40. The summed E-state index contributed by atoms with van der Waals surface area (Å²) in [5.74, 6) is -0.273. The first-order valence-electron chi connectivity index (χ1n) is 9.08. The van der Waals surface area contributed by atoms with Gasteiger partial charge in [-0.3, -0.25) is 24.3 Å². The summed E-state index contributed by atoms with van der Waals surface area (Å²) < 4.78 is 5.59. The van der Waals surface area contributed by atoms with Gasteiger partial charge in [-0.25, -0.2) is 0 Å². The highest BCUT2D eigenvalue weighted by Crippen LogP contribution is 2.30. The average molecular weight is 365 g/mol. The van der Waals surface area contributed by atoms with Crippen molar-refractivity contribution in [1.82, 2.24) is 9.97 Å². The standard InChI is InChI=1S/C17H27N5O4/c1-4-7-12(23)22-10(11(6-3)26-13(24)8-5-2)9-19-15-14(22)16(25)21-17(18)20-15/h10-11H,4-9H2,1-3H3,(H4,18,19,20,21,25). The molecule has 144 valence electrons. The molecule has 9 nitrogen and oxygen atoms in total. The number of amides is 1. The van der Waals surface area contributed by atoms with Crippen LogP contribution in [-0.2, 0) is 14.3 Å². The van der Waals surface area contributed by atoms with Gasteiger partial charge in [-0.15, -0.1) is 0 Å². The molecule has 1 aromatic heterocycles. The zero-order valence-electron chi connectivity index (χ0n) is 15.5. The number of anilines is 3. The lowest BCUT2D eigenvalue weighted by Crippen LogP contribution is -2.56. The van der Waals surface area contributed by atoms with E-state index in [2.05, 4.69) is 15.3 Å². The predicted molar refractivity (Wildman–Crippen MR) is 99.0 cm³/mol. The molecule has 26 heavy (non-hydrogen) atoms. The van der Waals surface area contributed by atoms with Crippen LogP contribution in [0.4, 0.5) is 17.5 Å². The maximum atomic E-state index is 12.8. The first-order chi connectivity index (χ1) is 12.4. The molecular formula is C17H27N5O4. The Bertz CT molecular complexity index is 718. The van der Waals surface area contributed by atoms with E-state index in [9.17, 15) is 14.4 Å². The van der Waals surface area contributed by atoms with Gasteiger partial charge in [0.1, 0.15) is 6.10 Å². The normalized spacial score (nSPS) is 17.2. The molecule has 2 atom stereocenters. The molecule has 0 radical (unpaired) electrons. The van der Waals surface area contributed by atoms with Crippen molar-refractivity contribution in [3.63, 3.8) is 0 Å². The molecule has 0 aromatic carbocycles. The third-order valence-electron chi connectivity index (χ3n) is 4.27. The fourth-order valence-corrected chi connectivity index (χ4v) is 3.10. The summed E-state index contributed by atoms with van der Waals surface area (Å²) in [5, 5.41) is 3.05. The van der Waals surface area contributed by atoms with Crippen molar-refractivity contribution in [3.05, 3.63) is 10.4 Å². The molecule has 4 N–H and O–H groups in total. The van der Waals surface area contributed by atoms with E-state index in [-0.39, 0.29) is 35.8 Å². The van der Waals surface area contributed by atoms with Crippen LogP contribution in [0.1, 0.15) is 52.9 Å². The van der Waals surface area contributed by atoms with Gasteiger partial charge in [0.05, 0.1) is 6.04 Å². The number of carbonyl (C=O) groups is 2. The van der Waals surface area contributed by atoms with Crippen molar-refractivity contribution in [2.45, 2.75) is 65.0 Å². The average Bonchev–Trinajstić information content (AvgIpc) is 2.59. The molecular weight excluding hydrogens is 338 g/mol. The fraction of sp³-hybridized carbons (Fsp3) is 0.647. The van der Waals surface area contributed by atoms with Gasteiger partial charge in [0, 0.05) is 19.4 Å². The highest BCUT2D eigenvalue weighted by atomic mass is 16.5. The van der Waals surface area contributed by atoms with Gasteiger partial charge in [-0.2, -0.15) is 4.98 Å². The number of rotatable bonds is 7. The molecule has 0 bridgehead atoms. The van der Waals surface area contributed by atoms with Crippen molar-refractivity contribution >= 4 is 29.3 Å². The smallest absolute Gasteiger partial charge is 0.306 e. The molecule has 2 unspecified atom stereocenters. The van der Waals surface area contributed by atoms with Crippen LogP contribution in [0.25, 0.3) is 0 Å². The second kappa shape index (κ2) is 8.68. The molecule has 1 aromatic rings. The largest absolute Gasteiger partial charge is 0.460 e. The number of aromatic amines is 1. The number of hydrogen-bond acceptors (Lipinski definition) is 7. The molecule has 1 aliphatic rings. The van der Waals surface area contributed by atoms with Crippen LogP contribution in [0.15, 0.2) is 4.79 Å². The first kappa shape index (κ1) is 19.7. The maximum absolute atomic E-state index is 12.8. The van der Waals surface area contributed by atoms with Gasteiger partial charge in [-0.1, -0.05) is 20.8 Å². The van der Waals surface area contributed by atoms with Crippen molar-refractivity contribution in [2.24, 2.45) is 0 Å². The van der Waals surface area contributed by atoms with E-state index in [0.717, 1.165) is 0 Å². The fourth-order valence-electron chi connectivity index (χ4n) is 3.10. The van der Waals surface area contributed by atoms with E-state index < -0.39 is 17.7 Å². The van der Waals surface area contributed by atoms with E-state index >= 15 is 0 Å². The summed E-state index contributed by atoms with van der Waals surface area (Å²) in [5.41, 5.74) is 5.23. The highest BCUT2D eigenvalue weighted by Gasteiger charge is 2.39. The van der Waals surface area contributed by atoms with Crippen molar-refractivity contribution in [1.29, 1.82) is 0 Å². The maximum Gasteiger partial charge on any atom is 0.306 e. The Hall–Kier alpha value is -2.58. The first-order valence-corrected chi connectivity index (χ1v) is 9.08. The monoisotopic (exact) mass is 365 g/mol. The minimum absolute atomic E-state index is 0.0241. The summed E-state index contributed by atoms with van der Waals surface area (Å²) in [6, 6.07) is -0.487. The molecule has 0 aliphatic carbocycles. The molecule has 1 amide bonds. The number of nitrogens with zero attached hydrogens (tertiary/aromatic N) is 2. The van der Waals surface area contributed by atoms with Crippen LogP contribution in [0.3, 0.4) is 0 Å². The molecule has 2 rings (SSSR count). The minimum Gasteiger partial charge on any atom is -0.460 e. The second-order valence-electron chi connectivity index (χ2n) is 6.30. The number of ether oxygens (including phenoxy) is 1. The molecule has 2 heterocycles. The number of hydrogen-bond donors (Lipinski definition) is 3. The van der Waals surface area contributed by atoms with E-state index in [0.29, 0.717) is 32.2 Å². The third kappa shape index (κ3) is 4.14. The number of nitrogens with two attached hydrogens (primary N) is 1. The number of nitrogens with one attached hydrogen (secondary N) is 2. The lowest BCUT2D eigenvalue weighted by molar-refractivity contribution is -0.150. The van der Waals surface area contributed by atoms with Crippen molar-refractivity contribution in [3.8, 4) is 0 Å². The number of nitrogen functional groups attached to an aromatic ring is 1. The van der Waals surface area contributed by atoms with E-state index in [1.54, 1.807) is 0 Å². The molecule has 1 aliphatic heterocycles. The SMILES string of the molecule is CCCC(=O)OC(CC)C1CNc2nc(N)[nH]c(=O)c2N1C(=O)CCC. The number of esters is 1. The van der Waals surface area contributed by atoms with Crippen molar-refractivity contribution in [2.75, 3.05) is 22.5 Å². The Kier molecular flexibility index (Phi) is 6.59. The quantitative estimate of drug-likeness (QED) is 0.623. The Labute approximate surface area is 152 Å². The predicted octanol–water partition coefficient (Wildman–Crippen LogP) is 1.40. The Morgan fingerprint density at radius 2 is 2.00 bits per heavy atom. The summed E-state index contributed by atoms with van der Waals surface area (Å²) in [7, 11) is 0. The zero-order valence-corrected chi connectivity index (χ0v) is 15.5. The highest BCUT2D eigenvalue weighted by molar-refractivity contribution is 5.97. The topological polar surface area (TPSA) is 130 Å². The van der Waals surface area contributed by atoms with Gasteiger partial charge in [-0.05, 0) is 19.3 Å².